The molecule has 0 spiro atoms. The summed E-state index contributed by atoms with van der Waals surface area (Å²) in [7, 11) is -1.76. The highest BCUT2D eigenvalue weighted by Gasteiger charge is 2.43. The van der Waals surface area contributed by atoms with Crippen molar-refractivity contribution in [2.24, 2.45) is 0 Å². The maximum Gasteiger partial charge on any atom is 0.100 e. The van der Waals surface area contributed by atoms with Gasteiger partial charge in [-0.1, -0.05) is 19.6 Å². The zero-order valence-electron chi connectivity index (χ0n) is 12.1. The molecule has 104 valence electrons. The number of rotatable bonds is 4. The maximum atomic E-state index is 10.7. The zero-order chi connectivity index (χ0) is 14.3. The normalized spacial score (nSPS) is 21.3. The molecule has 5 nitrogen and oxygen atoms in total. The fourth-order valence-electron chi connectivity index (χ4n) is 2.20. The van der Waals surface area contributed by atoms with Crippen LogP contribution in [0.1, 0.15) is 18.9 Å². The molecule has 1 aliphatic rings. The topological polar surface area (TPSA) is 73.9 Å². The molecule has 1 aliphatic heterocycles. The second-order valence-electron chi connectivity index (χ2n) is 6.66. The smallest absolute Gasteiger partial charge is 0.100 e. The van der Waals surface area contributed by atoms with E-state index < -0.39 is 13.3 Å². The number of aliphatic hydroxyl groups is 1. The van der Waals surface area contributed by atoms with Crippen molar-refractivity contribution >= 4 is 8.07 Å². The summed E-state index contributed by atoms with van der Waals surface area (Å²) >= 11 is 0. The standard InChI is InChI=1S/C13H22N4OSi/c1-12(18,19(2,3)4)11-7-16-17(8-11)13(5-6-14)9-15-10-13/h7-8,15,18H,5,9-10H2,1-4H3. The third-order valence-electron chi connectivity index (χ3n) is 4.41. The van der Waals surface area contributed by atoms with E-state index in [0.717, 1.165) is 18.7 Å². The van der Waals surface area contributed by atoms with E-state index in [0.29, 0.717) is 6.42 Å². The highest BCUT2D eigenvalue weighted by Crippen LogP contribution is 2.33. The molecule has 1 aromatic heterocycles. The summed E-state index contributed by atoms with van der Waals surface area (Å²) in [6.07, 6.45) is 4.10. The molecule has 6 heteroatoms. The Labute approximate surface area is 115 Å². The molecule has 0 radical (unpaired) electrons. The van der Waals surface area contributed by atoms with Crippen LogP contribution < -0.4 is 5.32 Å². The van der Waals surface area contributed by atoms with Gasteiger partial charge in [0.15, 0.2) is 0 Å². The SMILES string of the molecule is CC(O)(c1cnn(C2(CC#N)CNC2)c1)[Si](C)(C)C. The third kappa shape index (κ3) is 2.22. The van der Waals surface area contributed by atoms with Gasteiger partial charge in [0, 0.05) is 24.8 Å². The number of nitrogens with zero attached hydrogens (tertiary/aromatic N) is 3. The molecule has 0 aromatic carbocycles. The summed E-state index contributed by atoms with van der Waals surface area (Å²) in [5, 5.41) is 26.5. The Morgan fingerprint density at radius 2 is 2.21 bits per heavy atom. The van der Waals surface area contributed by atoms with Gasteiger partial charge in [-0.15, -0.1) is 0 Å². The lowest BCUT2D eigenvalue weighted by molar-refractivity contribution is 0.133. The number of nitriles is 1. The van der Waals surface area contributed by atoms with Crippen molar-refractivity contribution in [3.8, 4) is 6.07 Å². The molecule has 1 aromatic rings. The Morgan fingerprint density at radius 1 is 1.58 bits per heavy atom. The van der Waals surface area contributed by atoms with Crippen molar-refractivity contribution in [1.82, 2.24) is 15.1 Å². The van der Waals surface area contributed by atoms with Crippen molar-refractivity contribution in [3.05, 3.63) is 18.0 Å². The molecule has 1 fully saturated rings. The number of hydrogen-bond donors (Lipinski definition) is 2. The fourth-order valence-corrected chi connectivity index (χ4v) is 3.19. The summed E-state index contributed by atoms with van der Waals surface area (Å²) in [6.45, 7) is 9.81. The number of hydrogen-bond acceptors (Lipinski definition) is 4. The predicted molar refractivity (Wildman–Crippen MR) is 76.2 cm³/mol. The highest BCUT2D eigenvalue weighted by molar-refractivity contribution is 6.78. The third-order valence-corrected chi connectivity index (χ3v) is 7.62. The second-order valence-corrected chi connectivity index (χ2v) is 12.1. The minimum absolute atomic E-state index is 0.234. The molecular weight excluding hydrogens is 256 g/mol. The predicted octanol–water partition coefficient (Wildman–Crippen LogP) is 1.18. The van der Waals surface area contributed by atoms with E-state index in [9.17, 15) is 5.11 Å². The molecule has 1 unspecified atom stereocenters. The Hall–Kier alpha value is -1.16. The van der Waals surface area contributed by atoms with Gasteiger partial charge in [-0.2, -0.15) is 10.4 Å². The first kappa shape index (κ1) is 14.3. The summed E-state index contributed by atoms with van der Waals surface area (Å²) in [6, 6.07) is 2.23. The Bertz CT molecular complexity index is 505. The molecule has 0 aliphatic carbocycles. The highest BCUT2D eigenvalue weighted by atomic mass is 28.3. The van der Waals surface area contributed by atoms with E-state index >= 15 is 0 Å². The molecule has 2 heterocycles. The summed E-state index contributed by atoms with van der Waals surface area (Å²) in [5.41, 5.74) is 0.624. The lowest BCUT2D eigenvalue weighted by atomic mass is 9.89. The van der Waals surface area contributed by atoms with E-state index in [2.05, 4.69) is 36.1 Å². The van der Waals surface area contributed by atoms with Gasteiger partial charge in [-0.05, 0) is 6.92 Å². The van der Waals surface area contributed by atoms with Crippen LogP contribution in [0, 0.1) is 11.3 Å². The summed E-state index contributed by atoms with van der Waals surface area (Å²) < 4.78 is 1.86. The van der Waals surface area contributed by atoms with Gasteiger partial charge in [0.1, 0.15) is 5.54 Å². The molecule has 0 saturated carbocycles. The van der Waals surface area contributed by atoms with Crippen LogP contribution in [-0.4, -0.2) is 36.1 Å². The van der Waals surface area contributed by atoms with Crippen LogP contribution in [-0.2, 0) is 10.8 Å². The molecule has 19 heavy (non-hydrogen) atoms. The Morgan fingerprint density at radius 3 is 2.63 bits per heavy atom. The maximum absolute atomic E-state index is 10.7. The average Bonchev–Trinajstić information content (AvgIpc) is 2.71. The van der Waals surface area contributed by atoms with E-state index in [1.54, 1.807) is 6.20 Å². The zero-order valence-corrected chi connectivity index (χ0v) is 13.1. The van der Waals surface area contributed by atoms with Gasteiger partial charge in [-0.25, -0.2) is 0 Å². The Kier molecular flexibility index (Phi) is 3.33. The molecule has 1 atom stereocenters. The van der Waals surface area contributed by atoms with Gasteiger partial charge in [-0.3, -0.25) is 4.68 Å². The minimum atomic E-state index is -1.76. The van der Waals surface area contributed by atoms with Gasteiger partial charge in [0.2, 0.25) is 0 Å². The number of aromatic nitrogens is 2. The van der Waals surface area contributed by atoms with Crippen LogP contribution in [0.25, 0.3) is 0 Å². The molecule has 0 bridgehead atoms. The monoisotopic (exact) mass is 278 g/mol. The first-order valence-electron chi connectivity index (χ1n) is 6.59. The van der Waals surface area contributed by atoms with E-state index in [1.165, 1.54) is 0 Å². The van der Waals surface area contributed by atoms with Crippen molar-refractivity contribution in [3.63, 3.8) is 0 Å². The van der Waals surface area contributed by atoms with Crippen LogP contribution in [0.4, 0.5) is 0 Å². The lowest BCUT2D eigenvalue weighted by Gasteiger charge is -2.41. The van der Waals surface area contributed by atoms with Crippen LogP contribution >= 0.6 is 0 Å². The van der Waals surface area contributed by atoms with E-state index in [4.69, 9.17) is 5.26 Å². The van der Waals surface area contributed by atoms with Crippen molar-refractivity contribution in [2.45, 2.75) is 43.7 Å². The lowest BCUT2D eigenvalue weighted by Crippen LogP contribution is -2.60. The van der Waals surface area contributed by atoms with Crippen LogP contribution in [0.5, 0.6) is 0 Å². The van der Waals surface area contributed by atoms with Crippen molar-refractivity contribution in [2.75, 3.05) is 13.1 Å². The van der Waals surface area contributed by atoms with Crippen LogP contribution in [0.15, 0.2) is 12.4 Å². The van der Waals surface area contributed by atoms with Gasteiger partial charge in [0.25, 0.3) is 0 Å². The molecule has 0 amide bonds. The van der Waals surface area contributed by atoms with E-state index in [-0.39, 0.29) is 5.54 Å². The van der Waals surface area contributed by atoms with E-state index in [1.807, 2.05) is 17.8 Å². The molecule has 2 rings (SSSR count). The minimum Gasteiger partial charge on any atom is -0.389 e. The quantitative estimate of drug-likeness (QED) is 0.811. The molecular formula is C13H22N4OSi. The van der Waals surface area contributed by atoms with Gasteiger partial charge in [0.05, 0.1) is 32.0 Å². The first-order chi connectivity index (χ1) is 8.73. The van der Waals surface area contributed by atoms with Crippen molar-refractivity contribution in [1.29, 1.82) is 5.26 Å². The average molecular weight is 278 g/mol. The largest absolute Gasteiger partial charge is 0.389 e. The molecule has 2 N–H and O–H groups in total. The van der Waals surface area contributed by atoms with Crippen LogP contribution in [0.2, 0.25) is 19.6 Å². The second kappa shape index (κ2) is 4.44. The molecule has 1 saturated heterocycles. The summed E-state index contributed by atoms with van der Waals surface area (Å²) in [4.78, 5) is 0. The van der Waals surface area contributed by atoms with Crippen molar-refractivity contribution < 1.29 is 5.11 Å². The van der Waals surface area contributed by atoms with Gasteiger partial charge < -0.3 is 10.4 Å². The summed E-state index contributed by atoms with van der Waals surface area (Å²) in [5.74, 6) is 0. The Balaban J connectivity index is 2.32. The van der Waals surface area contributed by atoms with Crippen LogP contribution in [0.3, 0.4) is 0 Å². The fraction of sp³-hybridized carbons (Fsp3) is 0.692. The van der Waals surface area contributed by atoms with Gasteiger partial charge >= 0.3 is 0 Å². The number of nitrogens with one attached hydrogen (secondary N) is 1. The first-order valence-corrected chi connectivity index (χ1v) is 10.1.